The molecule has 1 atom stereocenters. The molecular formula is C24H20N2O4. The molecule has 0 saturated carbocycles. The van der Waals surface area contributed by atoms with Gasteiger partial charge in [-0.1, -0.05) is 48.0 Å². The highest BCUT2D eigenvalue weighted by atomic mass is 16.5. The van der Waals surface area contributed by atoms with E-state index in [1.807, 2.05) is 19.1 Å². The first-order valence-electron chi connectivity index (χ1n) is 9.44. The number of ketones is 1. The molecule has 0 aliphatic carbocycles. The Morgan fingerprint density at radius 2 is 1.77 bits per heavy atom. The molecule has 0 spiro atoms. The summed E-state index contributed by atoms with van der Waals surface area (Å²) in [6.07, 6.45) is 3.10. The van der Waals surface area contributed by atoms with Crippen molar-refractivity contribution in [1.29, 1.82) is 0 Å². The summed E-state index contributed by atoms with van der Waals surface area (Å²) in [6, 6.07) is 16.8. The van der Waals surface area contributed by atoms with Crippen LogP contribution in [0.5, 0.6) is 5.75 Å². The summed E-state index contributed by atoms with van der Waals surface area (Å²) in [6.45, 7) is 1.93. The number of aromatic nitrogens is 1. The number of rotatable bonds is 4. The van der Waals surface area contributed by atoms with E-state index in [1.165, 1.54) is 18.2 Å². The Morgan fingerprint density at radius 1 is 1.03 bits per heavy atom. The lowest BCUT2D eigenvalue weighted by atomic mass is 9.94. The number of hydrogen-bond donors (Lipinski definition) is 1. The molecule has 6 heteroatoms. The number of aryl methyl sites for hydroxylation is 1. The fourth-order valence-electron chi connectivity index (χ4n) is 3.65. The van der Waals surface area contributed by atoms with Crippen LogP contribution in [0.3, 0.4) is 0 Å². The summed E-state index contributed by atoms with van der Waals surface area (Å²) in [5, 5.41) is 11.1. The Hall–Kier alpha value is -3.93. The summed E-state index contributed by atoms with van der Waals surface area (Å²) >= 11 is 0. The standard InChI is InChI=1S/C24H20N2O4/c1-15-9-11-16(12-10-15)22(27)20-21(18-7-3-4-8-19(18)30-2)26(24(29)23(20)28)17-6-5-13-25-14-17/h3-14,21,27H,1-2H3/t21-/m0/s1. The molecule has 0 bridgehead atoms. The SMILES string of the molecule is COc1ccccc1[C@H]1C(=C(O)c2ccc(C)cc2)C(=O)C(=O)N1c1cccnc1. The maximum absolute atomic E-state index is 13.1. The van der Waals surface area contributed by atoms with Crippen molar-refractivity contribution in [2.45, 2.75) is 13.0 Å². The van der Waals surface area contributed by atoms with Crippen LogP contribution in [0.2, 0.25) is 0 Å². The van der Waals surface area contributed by atoms with Gasteiger partial charge in [0.2, 0.25) is 0 Å². The van der Waals surface area contributed by atoms with E-state index < -0.39 is 17.7 Å². The van der Waals surface area contributed by atoms with E-state index in [0.29, 0.717) is 22.6 Å². The quantitative estimate of drug-likeness (QED) is 0.406. The normalized spacial score (nSPS) is 17.9. The van der Waals surface area contributed by atoms with Crippen molar-refractivity contribution in [1.82, 2.24) is 4.98 Å². The third kappa shape index (κ3) is 3.22. The number of para-hydroxylation sites is 1. The first kappa shape index (κ1) is 19.4. The van der Waals surface area contributed by atoms with Crippen LogP contribution in [0.4, 0.5) is 5.69 Å². The van der Waals surface area contributed by atoms with Crippen molar-refractivity contribution in [3.63, 3.8) is 0 Å². The molecule has 4 rings (SSSR count). The van der Waals surface area contributed by atoms with Crippen LogP contribution < -0.4 is 9.64 Å². The molecular weight excluding hydrogens is 380 g/mol. The van der Waals surface area contributed by atoms with E-state index in [9.17, 15) is 14.7 Å². The Balaban J connectivity index is 1.98. The number of nitrogens with zero attached hydrogens (tertiary/aromatic N) is 2. The Morgan fingerprint density at radius 3 is 2.43 bits per heavy atom. The molecule has 1 N–H and O–H groups in total. The molecule has 1 fully saturated rings. The van der Waals surface area contributed by atoms with Gasteiger partial charge < -0.3 is 9.84 Å². The van der Waals surface area contributed by atoms with Gasteiger partial charge in [0.15, 0.2) is 0 Å². The molecule has 0 radical (unpaired) electrons. The van der Waals surface area contributed by atoms with Crippen LogP contribution in [-0.4, -0.2) is 28.9 Å². The van der Waals surface area contributed by atoms with Gasteiger partial charge in [0.1, 0.15) is 11.5 Å². The van der Waals surface area contributed by atoms with E-state index in [2.05, 4.69) is 4.98 Å². The monoisotopic (exact) mass is 400 g/mol. The van der Waals surface area contributed by atoms with Crippen LogP contribution in [-0.2, 0) is 9.59 Å². The predicted molar refractivity (Wildman–Crippen MR) is 113 cm³/mol. The summed E-state index contributed by atoms with van der Waals surface area (Å²) in [4.78, 5) is 31.6. The van der Waals surface area contributed by atoms with Crippen LogP contribution >= 0.6 is 0 Å². The zero-order valence-corrected chi connectivity index (χ0v) is 16.6. The fraction of sp³-hybridized carbons (Fsp3) is 0.125. The second-order valence-corrected chi connectivity index (χ2v) is 6.99. The molecule has 150 valence electrons. The van der Waals surface area contributed by atoms with Gasteiger partial charge in [0, 0.05) is 17.3 Å². The number of ether oxygens (including phenoxy) is 1. The number of pyridine rings is 1. The smallest absolute Gasteiger partial charge is 0.300 e. The molecule has 6 nitrogen and oxygen atoms in total. The van der Waals surface area contributed by atoms with Crippen LogP contribution in [0, 0.1) is 6.92 Å². The maximum Gasteiger partial charge on any atom is 0.300 e. The number of methoxy groups -OCH3 is 1. The molecule has 1 aliphatic rings. The van der Waals surface area contributed by atoms with Gasteiger partial charge in [-0.3, -0.25) is 19.5 Å². The van der Waals surface area contributed by atoms with E-state index in [0.717, 1.165) is 5.56 Å². The molecule has 2 aromatic carbocycles. The van der Waals surface area contributed by atoms with Crippen LogP contribution in [0.25, 0.3) is 5.76 Å². The number of aliphatic hydroxyl groups is 1. The summed E-state index contributed by atoms with van der Waals surface area (Å²) < 4.78 is 5.49. The van der Waals surface area contributed by atoms with E-state index in [4.69, 9.17) is 4.74 Å². The number of Topliss-reactive ketones (excluding diaryl/α,β-unsaturated/α-hetero) is 1. The van der Waals surface area contributed by atoms with Crippen molar-refractivity contribution < 1.29 is 19.4 Å². The van der Waals surface area contributed by atoms with Crippen molar-refractivity contribution in [2.24, 2.45) is 0 Å². The zero-order valence-electron chi connectivity index (χ0n) is 16.6. The fourth-order valence-corrected chi connectivity index (χ4v) is 3.65. The van der Waals surface area contributed by atoms with Gasteiger partial charge in [-0.2, -0.15) is 0 Å². The molecule has 1 aromatic heterocycles. The molecule has 30 heavy (non-hydrogen) atoms. The average molecular weight is 400 g/mol. The number of carbonyl (C=O) groups excluding carboxylic acids is 2. The zero-order chi connectivity index (χ0) is 21.3. The molecule has 3 aromatic rings. The van der Waals surface area contributed by atoms with E-state index >= 15 is 0 Å². The second kappa shape index (κ2) is 7.83. The number of aliphatic hydroxyl groups excluding tert-OH is 1. The van der Waals surface area contributed by atoms with Gasteiger partial charge in [0.05, 0.1) is 30.6 Å². The summed E-state index contributed by atoms with van der Waals surface area (Å²) in [5.74, 6) is -1.20. The van der Waals surface area contributed by atoms with Crippen molar-refractivity contribution in [2.75, 3.05) is 12.0 Å². The topological polar surface area (TPSA) is 79.7 Å². The van der Waals surface area contributed by atoms with E-state index in [-0.39, 0.29) is 11.3 Å². The Bertz CT molecular complexity index is 1140. The molecule has 1 aliphatic heterocycles. The highest BCUT2D eigenvalue weighted by Crippen LogP contribution is 2.44. The number of amides is 1. The number of hydrogen-bond acceptors (Lipinski definition) is 5. The number of anilines is 1. The third-order valence-electron chi connectivity index (χ3n) is 5.13. The van der Waals surface area contributed by atoms with Gasteiger partial charge in [-0.15, -0.1) is 0 Å². The predicted octanol–water partition coefficient (Wildman–Crippen LogP) is 4.02. The average Bonchev–Trinajstić information content (AvgIpc) is 3.04. The summed E-state index contributed by atoms with van der Waals surface area (Å²) in [5.41, 5.74) is 2.54. The molecule has 1 saturated heterocycles. The van der Waals surface area contributed by atoms with E-state index in [1.54, 1.807) is 54.7 Å². The van der Waals surface area contributed by atoms with Crippen LogP contribution in [0.1, 0.15) is 22.7 Å². The largest absolute Gasteiger partial charge is 0.507 e. The lowest BCUT2D eigenvalue weighted by Gasteiger charge is -2.26. The van der Waals surface area contributed by atoms with Crippen LogP contribution in [0.15, 0.2) is 78.6 Å². The lowest BCUT2D eigenvalue weighted by molar-refractivity contribution is -0.132. The maximum atomic E-state index is 13.1. The Kier molecular flexibility index (Phi) is 5.06. The third-order valence-corrected chi connectivity index (χ3v) is 5.13. The van der Waals surface area contributed by atoms with Gasteiger partial charge in [-0.05, 0) is 25.1 Å². The molecule has 0 unspecified atom stereocenters. The molecule has 1 amide bonds. The lowest BCUT2D eigenvalue weighted by Crippen LogP contribution is -2.29. The minimum Gasteiger partial charge on any atom is -0.507 e. The minimum absolute atomic E-state index is 0.0113. The minimum atomic E-state index is -0.855. The first-order valence-corrected chi connectivity index (χ1v) is 9.44. The second-order valence-electron chi connectivity index (χ2n) is 6.99. The van der Waals surface area contributed by atoms with Gasteiger partial charge in [0.25, 0.3) is 11.7 Å². The number of benzene rings is 2. The highest BCUT2D eigenvalue weighted by Gasteiger charge is 2.47. The van der Waals surface area contributed by atoms with Crippen molar-refractivity contribution >= 4 is 23.1 Å². The number of carbonyl (C=O) groups is 2. The van der Waals surface area contributed by atoms with Gasteiger partial charge in [-0.25, -0.2) is 0 Å². The van der Waals surface area contributed by atoms with Gasteiger partial charge >= 0.3 is 0 Å². The van der Waals surface area contributed by atoms with Crippen molar-refractivity contribution in [3.8, 4) is 5.75 Å². The summed E-state index contributed by atoms with van der Waals surface area (Å²) in [7, 11) is 1.52. The molecule has 2 heterocycles. The van der Waals surface area contributed by atoms with Crippen molar-refractivity contribution in [3.05, 3.63) is 95.3 Å². The Labute approximate surface area is 174 Å². The highest BCUT2D eigenvalue weighted by molar-refractivity contribution is 6.51. The first-order chi connectivity index (χ1) is 14.5.